The van der Waals surface area contributed by atoms with Gasteiger partial charge in [0, 0.05) is 5.02 Å². The Hall–Kier alpha value is -1.88. The Kier molecular flexibility index (Phi) is 7.42. The van der Waals surface area contributed by atoms with Crippen molar-refractivity contribution in [3.05, 3.63) is 34.9 Å². The van der Waals surface area contributed by atoms with Crippen molar-refractivity contribution in [3.63, 3.8) is 0 Å². The van der Waals surface area contributed by atoms with Crippen molar-refractivity contribution in [1.82, 2.24) is 0 Å². The van der Waals surface area contributed by atoms with E-state index in [1.807, 2.05) is 6.92 Å². The number of Topliss-reactive ketones (excluding diaryl/α,β-unsaturated/α-hetero) is 1. The number of carbonyl (C=O) groups excluding carboxylic acids is 3. The fraction of sp³-hybridized carbons (Fsp3) is 0.500. The van der Waals surface area contributed by atoms with E-state index in [0.29, 0.717) is 17.0 Å². The molecule has 1 aromatic rings. The van der Waals surface area contributed by atoms with E-state index in [4.69, 9.17) is 21.1 Å². The van der Waals surface area contributed by atoms with E-state index in [9.17, 15) is 14.4 Å². The quantitative estimate of drug-likeness (QED) is 0.529. The molecule has 6 heteroatoms. The maximum Gasteiger partial charge on any atom is 0.328 e. The first-order valence-electron chi connectivity index (χ1n) is 7.95. The van der Waals surface area contributed by atoms with Crippen LogP contribution in [0.4, 0.5) is 0 Å². The number of hydrogen-bond donors (Lipinski definition) is 0. The summed E-state index contributed by atoms with van der Waals surface area (Å²) in [5.41, 5.74) is -0.421. The van der Waals surface area contributed by atoms with Crippen LogP contribution in [0, 0.1) is 5.92 Å². The number of carbonyl (C=O) groups is 3. The first-order chi connectivity index (χ1) is 11.3. The lowest BCUT2D eigenvalue weighted by molar-refractivity contribution is -0.165. The molecule has 0 radical (unpaired) electrons. The summed E-state index contributed by atoms with van der Waals surface area (Å²) in [6, 6.07) is 6.83. The van der Waals surface area contributed by atoms with Gasteiger partial charge in [0.25, 0.3) is 0 Å². The van der Waals surface area contributed by atoms with Gasteiger partial charge in [0.2, 0.25) is 5.92 Å². The van der Waals surface area contributed by atoms with Gasteiger partial charge in [-0.1, -0.05) is 30.7 Å². The van der Waals surface area contributed by atoms with Crippen molar-refractivity contribution < 1.29 is 23.9 Å². The predicted octanol–water partition coefficient (Wildman–Crippen LogP) is 3.32. The monoisotopic (exact) mass is 354 g/mol. The third-order valence-corrected chi connectivity index (χ3v) is 4.25. The molecule has 0 aliphatic rings. The van der Waals surface area contributed by atoms with Crippen molar-refractivity contribution >= 4 is 29.3 Å². The van der Waals surface area contributed by atoms with Crippen molar-refractivity contribution in [1.29, 1.82) is 0 Å². The number of rotatable bonds is 8. The van der Waals surface area contributed by atoms with Crippen molar-refractivity contribution in [2.45, 2.75) is 39.5 Å². The average molecular weight is 355 g/mol. The zero-order chi connectivity index (χ0) is 18.3. The van der Waals surface area contributed by atoms with Crippen LogP contribution in [0.2, 0.25) is 5.02 Å². The maximum atomic E-state index is 13.1. The molecule has 0 spiro atoms. The summed E-state index contributed by atoms with van der Waals surface area (Å²) in [5, 5.41) is 0.476. The Morgan fingerprint density at radius 3 is 2.04 bits per heavy atom. The lowest BCUT2D eigenvalue weighted by atomic mass is 9.72. The highest BCUT2D eigenvalue weighted by Crippen LogP contribution is 2.33. The van der Waals surface area contributed by atoms with Crippen LogP contribution < -0.4 is 0 Å². The Labute approximate surface area is 147 Å². The molecule has 24 heavy (non-hydrogen) atoms. The van der Waals surface area contributed by atoms with Gasteiger partial charge >= 0.3 is 11.9 Å². The van der Waals surface area contributed by atoms with Gasteiger partial charge in [0.05, 0.1) is 18.6 Å². The average Bonchev–Trinajstić information content (AvgIpc) is 2.54. The molecule has 0 N–H and O–H groups in total. The Balaban J connectivity index is 3.31. The highest BCUT2D eigenvalue weighted by molar-refractivity contribution is 6.30. The number of esters is 2. The molecule has 0 fully saturated rings. The summed E-state index contributed by atoms with van der Waals surface area (Å²) in [6.07, 6.45) is 0.390. The van der Waals surface area contributed by atoms with Crippen molar-refractivity contribution in [3.8, 4) is 0 Å². The zero-order valence-corrected chi connectivity index (χ0v) is 15.2. The van der Waals surface area contributed by atoms with Crippen LogP contribution in [0.1, 0.15) is 39.7 Å². The molecular weight excluding hydrogens is 332 g/mol. The molecule has 0 bridgehead atoms. The normalized spacial score (nSPS) is 13.2. The molecule has 1 atom stereocenters. The highest BCUT2D eigenvalue weighted by Gasteiger charge is 2.46. The SMILES string of the molecule is CCOC(=O)C(C(=O)OCC)C(=O)C(C)(CC)c1cccc(Cl)c1. The van der Waals surface area contributed by atoms with E-state index in [0.717, 1.165) is 0 Å². The van der Waals surface area contributed by atoms with Crippen LogP contribution in [-0.2, 0) is 29.3 Å². The molecule has 0 aliphatic carbocycles. The van der Waals surface area contributed by atoms with Crippen LogP contribution in [0.15, 0.2) is 24.3 Å². The summed E-state index contributed by atoms with van der Waals surface area (Å²) in [7, 11) is 0. The van der Waals surface area contributed by atoms with E-state index in [-0.39, 0.29) is 13.2 Å². The van der Waals surface area contributed by atoms with E-state index < -0.39 is 29.1 Å². The molecule has 0 aliphatic heterocycles. The molecule has 5 nitrogen and oxygen atoms in total. The molecule has 132 valence electrons. The third-order valence-electron chi connectivity index (χ3n) is 4.02. The van der Waals surface area contributed by atoms with Gasteiger partial charge in [-0.2, -0.15) is 0 Å². The van der Waals surface area contributed by atoms with E-state index >= 15 is 0 Å². The zero-order valence-electron chi connectivity index (χ0n) is 14.4. The molecule has 0 amide bonds. The molecule has 0 saturated heterocycles. The Bertz CT molecular complexity index is 595. The van der Waals surface area contributed by atoms with Crippen LogP contribution in [-0.4, -0.2) is 30.9 Å². The highest BCUT2D eigenvalue weighted by atomic mass is 35.5. The van der Waals surface area contributed by atoms with Crippen LogP contribution in [0.3, 0.4) is 0 Å². The van der Waals surface area contributed by atoms with Crippen LogP contribution in [0.5, 0.6) is 0 Å². The molecule has 0 heterocycles. The van der Waals surface area contributed by atoms with Crippen LogP contribution in [0.25, 0.3) is 0 Å². The minimum atomic E-state index is -1.60. The van der Waals surface area contributed by atoms with E-state index in [1.165, 1.54) is 0 Å². The largest absolute Gasteiger partial charge is 0.465 e. The topological polar surface area (TPSA) is 69.7 Å². The summed E-state index contributed by atoms with van der Waals surface area (Å²) < 4.78 is 9.81. The third kappa shape index (κ3) is 4.35. The lowest BCUT2D eigenvalue weighted by Crippen LogP contribution is -2.45. The molecule has 1 rings (SSSR count). The minimum absolute atomic E-state index is 0.0715. The molecule has 1 unspecified atom stereocenters. The Morgan fingerprint density at radius 2 is 1.62 bits per heavy atom. The molecular formula is C18H23ClO5. The second-order valence-corrected chi connectivity index (χ2v) is 5.93. The summed E-state index contributed by atoms with van der Waals surface area (Å²) in [4.78, 5) is 37.5. The van der Waals surface area contributed by atoms with E-state index in [2.05, 4.69) is 0 Å². The van der Waals surface area contributed by atoms with Gasteiger partial charge in [-0.25, -0.2) is 0 Å². The van der Waals surface area contributed by atoms with Gasteiger partial charge in [-0.05, 0) is 44.9 Å². The first kappa shape index (κ1) is 20.2. The van der Waals surface area contributed by atoms with Gasteiger partial charge in [-0.15, -0.1) is 0 Å². The second-order valence-electron chi connectivity index (χ2n) is 5.50. The van der Waals surface area contributed by atoms with Gasteiger partial charge in [0.15, 0.2) is 5.78 Å². The smallest absolute Gasteiger partial charge is 0.328 e. The maximum absolute atomic E-state index is 13.1. The number of ether oxygens (including phenoxy) is 2. The first-order valence-corrected chi connectivity index (χ1v) is 8.33. The van der Waals surface area contributed by atoms with E-state index in [1.54, 1.807) is 45.0 Å². The molecule has 0 aromatic heterocycles. The van der Waals surface area contributed by atoms with Gasteiger partial charge in [-0.3, -0.25) is 14.4 Å². The number of halogens is 1. The molecule has 1 aromatic carbocycles. The van der Waals surface area contributed by atoms with Crippen molar-refractivity contribution in [2.24, 2.45) is 5.92 Å². The fourth-order valence-corrected chi connectivity index (χ4v) is 2.62. The number of ketones is 1. The van der Waals surface area contributed by atoms with Gasteiger partial charge in [0.1, 0.15) is 0 Å². The van der Waals surface area contributed by atoms with Crippen LogP contribution >= 0.6 is 11.6 Å². The molecule has 0 saturated carbocycles. The predicted molar refractivity (Wildman–Crippen MR) is 90.9 cm³/mol. The summed E-state index contributed by atoms with van der Waals surface area (Å²) >= 11 is 6.02. The standard InChI is InChI=1S/C18H23ClO5/c1-5-18(4,12-9-8-10-13(19)11-12)15(20)14(16(21)23-6-2)17(22)24-7-3/h8-11,14H,5-7H2,1-4H3. The fourth-order valence-electron chi connectivity index (χ4n) is 2.43. The second kappa shape index (κ2) is 8.83. The lowest BCUT2D eigenvalue weighted by Gasteiger charge is -2.30. The number of hydrogen-bond acceptors (Lipinski definition) is 5. The van der Waals surface area contributed by atoms with Gasteiger partial charge < -0.3 is 9.47 Å². The summed E-state index contributed by atoms with van der Waals surface area (Å²) in [5.74, 6) is -3.93. The van der Waals surface area contributed by atoms with Crippen molar-refractivity contribution in [2.75, 3.05) is 13.2 Å². The number of benzene rings is 1. The minimum Gasteiger partial charge on any atom is -0.465 e. The summed E-state index contributed by atoms with van der Waals surface area (Å²) in [6.45, 7) is 6.86. The Morgan fingerprint density at radius 1 is 1.08 bits per heavy atom.